The van der Waals surface area contributed by atoms with Crippen molar-refractivity contribution in [1.29, 1.82) is 0 Å². The Kier molecular flexibility index (Phi) is 5.41. The third kappa shape index (κ3) is 3.78. The highest BCUT2D eigenvalue weighted by molar-refractivity contribution is 5.93. The minimum absolute atomic E-state index is 0.0252. The summed E-state index contributed by atoms with van der Waals surface area (Å²) >= 11 is 0. The van der Waals surface area contributed by atoms with E-state index in [0.29, 0.717) is 13.1 Å². The van der Waals surface area contributed by atoms with Crippen molar-refractivity contribution in [2.45, 2.75) is 33.1 Å². The molecule has 1 aliphatic heterocycles. The summed E-state index contributed by atoms with van der Waals surface area (Å²) in [6.07, 6.45) is 2.30. The van der Waals surface area contributed by atoms with Crippen LogP contribution in [0.2, 0.25) is 0 Å². The van der Waals surface area contributed by atoms with Gasteiger partial charge >= 0.3 is 0 Å². The Hall–Kier alpha value is -2.04. The Balaban J connectivity index is 1.96. The molecule has 0 bridgehead atoms. The fraction of sp³-hybridized carbons (Fsp3) is 0.529. The third-order valence-corrected chi connectivity index (χ3v) is 4.24. The van der Waals surface area contributed by atoms with Gasteiger partial charge in [-0.2, -0.15) is 0 Å². The number of carbonyl (C=O) groups is 2. The van der Waals surface area contributed by atoms with Crippen molar-refractivity contribution >= 4 is 17.5 Å². The maximum absolute atomic E-state index is 12.4. The molecule has 2 rings (SSSR count). The molecule has 1 N–H and O–H groups in total. The van der Waals surface area contributed by atoms with Crippen LogP contribution < -0.4 is 10.1 Å². The van der Waals surface area contributed by atoms with Crippen molar-refractivity contribution in [3.8, 4) is 5.75 Å². The Morgan fingerprint density at radius 3 is 2.55 bits per heavy atom. The number of likely N-dealkylation sites (tertiary alicyclic amines) is 1. The number of nitrogens with zero attached hydrogens (tertiary/aromatic N) is 1. The second-order valence-corrected chi connectivity index (χ2v) is 5.65. The van der Waals surface area contributed by atoms with E-state index >= 15 is 0 Å². The van der Waals surface area contributed by atoms with E-state index in [9.17, 15) is 9.59 Å². The van der Waals surface area contributed by atoms with Gasteiger partial charge in [-0.05, 0) is 43.0 Å². The van der Waals surface area contributed by atoms with E-state index in [0.717, 1.165) is 36.3 Å². The van der Waals surface area contributed by atoms with Gasteiger partial charge in [0.1, 0.15) is 5.75 Å². The topological polar surface area (TPSA) is 58.6 Å². The van der Waals surface area contributed by atoms with Gasteiger partial charge in [-0.15, -0.1) is 0 Å². The molecule has 1 fully saturated rings. The Labute approximate surface area is 131 Å². The number of hydrogen-bond donors (Lipinski definition) is 1. The van der Waals surface area contributed by atoms with Crippen molar-refractivity contribution in [2.75, 3.05) is 25.5 Å². The average molecular weight is 304 g/mol. The van der Waals surface area contributed by atoms with Crippen LogP contribution in [0.5, 0.6) is 5.75 Å². The Morgan fingerprint density at radius 2 is 2.00 bits per heavy atom. The largest absolute Gasteiger partial charge is 0.496 e. The summed E-state index contributed by atoms with van der Waals surface area (Å²) in [5.74, 6) is 0.940. The van der Waals surface area contributed by atoms with E-state index in [4.69, 9.17) is 4.74 Å². The highest BCUT2D eigenvalue weighted by atomic mass is 16.5. The molecule has 1 aliphatic rings. The number of piperidine rings is 1. The first-order chi connectivity index (χ1) is 10.5. The van der Waals surface area contributed by atoms with Crippen molar-refractivity contribution < 1.29 is 14.3 Å². The molecule has 0 radical (unpaired) electrons. The summed E-state index contributed by atoms with van der Waals surface area (Å²) in [4.78, 5) is 25.5. The smallest absolute Gasteiger partial charge is 0.227 e. The highest BCUT2D eigenvalue weighted by Gasteiger charge is 2.26. The van der Waals surface area contributed by atoms with E-state index < -0.39 is 0 Å². The summed E-state index contributed by atoms with van der Waals surface area (Å²) < 4.78 is 5.30. The van der Waals surface area contributed by atoms with E-state index in [2.05, 4.69) is 12.2 Å². The lowest BCUT2D eigenvalue weighted by Crippen LogP contribution is -2.40. The summed E-state index contributed by atoms with van der Waals surface area (Å²) in [5.41, 5.74) is 1.88. The molecule has 0 saturated carbocycles. The number of rotatable bonds is 4. The molecule has 0 aromatic heterocycles. The zero-order chi connectivity index (χ0) is 16.1. The van der Waals surface area contributed by atoms with Crippen LogP contribution in [-0.4, -0.2) is 36.9 Å². The fourth-order valence-electron chi connectivity index (χ4n) is 2.83. The van der Waals surface area contributed by atoms with Crippen LogP contribution in [0.3, 0.4) is 0 Å². The van der Waals surface area contributed by atoms with Gasteiger partial charge in [-0.25, -0.2) is 0 Å². The first kappa shape index (κ1) is 16.3. The number of anilines is 1. The molecule has 0 atom stereocenters. The molecule has 0 spiro atoms. The monoisotopic (exact) mass is 304 g/mol. The standard InChI is InChI=1S/C17H24N2O3/c1-4-13-11-15(5-6-16(13)22-3)18-17(21)14-7-9-19(10-8-14)12(2)20/h5-6,11,14H,4,7-10H2,1-3H3,(H,18,21). The Bertz CT molecular complexity index is 549. The first-order valence-electron chi connectivity index (χ1n) is 7.78. The molecular formula is C17H24N2O3. The zero-order valence-corrected chi connectivity index (χ0v) is 13.5. The molecule has 1 saturated heterocycles. The van der Waals surface area contributed by atoms with Crippen LogP contribution >= 0.6 is 0 Å². The first-order valence-corrected chi connectivity index (χ1v) is 7.78. The lowest BCUT2D eigenvalue weighted by Gasteiger charge is -2.30. The molecule has 5 nitrogen and oxygen atoms in total. The van der Waals surface area contributed by atoms with E-state index in [1.807, 2.05) is 18.2 Å². The molecule has 1 aromatic carbocycles. The maximum atomic E-state index is 12.4. The molecule has 0 unspecified atom stereocenters. The van der Waals surface area contributed by atoms with Crippen LogP contribution in [0.25, 0.3) is 0 Å². The number of methoxy groups -OCH3 is 1. The van der Waals surface area contributed by atoms with Gasteiger partial charge in [0.15, 0.2) is 0 Å². The minimum Gasteiger partial charge on any atom is -0.496 e. The molecule has 1 heterocycles. The second kappa shape index (κ2) is 7.29. The number of carbonyl (C=O) groups excluding carboxylic acids is 2. The number of amides is 2. The highest BCUT2D eigenvalue weighted by Crippen LogP contribution is 2.24. The van der Waals surface area contributed by atoms with E-state index in [1.165, 1.54) is 0 Å². The van der Waals surface area contributed by atoms with Gasteiger partial charge in [0.2, 0.25) is 11.8 Å². The van der Waals surface area contributed by atoms with Gasteiger partial charge in [-0.1, -0.05) is 6.92 Å². The SMILES string of the molecule is CCc1cc(NC(=O)C2CCN(C(C)=O)CC2)ccc1OC. The Morgan fingerprint density at radius 1 is 1.32 bits per heavy atom. The van der Waals surface area contributed by atoms with Crippen LogP contribution in [-0.2, 0) is 16.0 Å². The van der Waals surface area contributed by atoms with Crippen molar-refractivity contribution in [3.05, 3.63) is 23.8 Å². The fourth-order valence-corrected chi connectivity index (χ4v) is 2.83. The van der Waals surface area contributed by atoms with Crippen molar-refractivity contribution in [2.24, 2.45) is 5.92 Å². The van der Waals surface area contributed by atoms with E-state index in [-0.39, 0.29) is 17.7 Å². The predicted molar refractivity (Wildman–Crippen MR) is 86.0 cm³/mol. The lowest BCUT2D eigenvalue weighted by atomic mass is 9.95. The number of nitrogens with one attached hydrogen (secondary N) is 1. The van der Waals surface area contributed by atoms with Crippen LogP contribution in [0.4, 0.5) is 5.69 Å². The molecule has 2 amide bonds. The van der Waals surface area contributed by atoms with Crippen LogP contribution in [0, 0.1) is 5.92 Å². The quantitative estimate of drug-likeness (QED) is 0.929. The summed E-state index contributed by atoms with van der Waals surface area (Å²) in [6, 6.07) is 5.70. The normalized spacial score (nSPS) is 15.5. The number of hydrogen-bond acceptors (Lipinski definition) is 3. The van der Waals surface area contributed by atoms with Crippen LogP contribution in [0.1, 0.15) is 32.3 Å². The number of aryl methyl sites for hydroxylation is 1. The van der Waals surface area contributed by atoms with Crippen molar-refractivity contribution in [1.82, 2.24) is 4.90 Å². The molecule has 22 heavy (non-hydrogen) atoms. The average Bonchev–Trinajstić information content (AvgIpc) is 2.54. The maximum Gasteiger partial charge on any atom is 0.227 e. The van der Waals surface area contributed by atoms with Gasteiger partial charge < -0.3 is 15.0 Å². The van der Waals surface area contributed by atoms with E-state index in [1.54, 1.807) is 18.9 Å². The lowest BCUT2D eigenvalue weighted by molar-refractivity contribution is -0.132. The van der Waals surface area contributed by atoms with Gasteiger partial charge in [0.05, 0.1) is 7.11 Å². The van der Waals surface area contributed by atoms with Crippen LogP contribution in [0.15, 0.2) is 18.2 Å². The third-order valence-electron chi connectivity index (χ3n) is 4.24. The molecule has 1 aromatic rings. The van der Waals surface area contributed by atoms with Gasteiger partial charge in [0, 0.05) is 31.6 Å². The number of benzene rings is 1. The zero-order valence-electron chi connectivity index (χ0n) is 13.5. The minimum atomic E-state index is -0.0252. The summed E-state index contributed by atoms with van der Waals surface area (Å²) in [7, 11) is 1.65. The second-order valence-electron chi connectivity index (χ2n) is 5.65. The van der Waals surface area contributed by atoms with Crippen molar-refractivity contribution in [3.63, 3.8) is 0 Å². The number of ether oxygens (including phenoxy) is 1. The molecule has 0 aliphatic carbocycles. The summed E-state index contributed by atoms with van der Waals surface area (Å²) in [6.45, 7) is 4.96. The molecule has 120 valence electrons. The van der Waals surface area contributed by atoms with Gasteiger partial charge in [0.25, 0.3) is 0 Å². The molecule has 5 heteroatoms. The predicted octanol–water partition coefficient (Wildman–Crippen LogP) is 2.45. The summed E-state index contributed by atoms with van der Waals surface area (Å²) in [5, 5.41) is 2.98. The molecular weight excluding hydrogens is 280 g/mol. The van der Waals surface area contributed by atoms with Gasteiger partial charge in [-0.3, -0.25) is 9.59 Å².